The Hall–Kier alpha value is -2.74. The summed E-state index contributed by atoms with van der Waals surface area (Å²) < 4.78 is 5.80. The van der Waals surface area contributed by atoms with E-state index in [1.807, 2.05) is 37.3 Å². The topological polar surface area (TPSA) is 69.1 Å². The van der Waals surface area contributed by atoms with Gasteiger partial charge in [-0.05, 0) is 45.9 Å². The van der Waals surface area contributed by atoms with E-state index in [9.17, 15) is 10.1 Å². The van der Waals surface area contributed by atoms with Gasteiger partial charge in [0.05, 0.1) is 6.61 Å². The van der Waals surface area contributed by atoms with Gasteiger partial charge in [0.15, 0.2) is 0 Å². The number of anilines is 1. The molecule has 0 fully saturated rings. The summed E-state index contributed by atoms with van der Waals surface area (Å²) in [6.45, 7) is 10.2. The molecule has 126 valence electrons. The lowest BCUT2D eigenvalue weighted by Crippen LogP contribution is -2.21. The molecule has 0 aliphatic carbocycles. The van der Waals surface area contributed by atoms with Crippen LogP contribution in [0.5, 0.6) is 5.75 Å². The molecule has 0 radical (unpaired) electrons. The normalized spacial score (nSPS) is 10.3. The van der Waals surface area contributed by atoms with Crippen molar-refractivity contribution >= 4 is 5.69 Å². The number of aromatic nitrogens is 1. The summed E-state index contributed by atoms with van der Waals surface area (Å²) in [5, 5.41) is 9.37. The molecular formula is C19H23N3O2. The average Bonchev–Trinajstić information content (AvgIpc) is 2.56. The lowest BCUT2D eigenvalue weighted by atomic mass is 9.99. The molecule has 1 N–H and O–H groups in total. The highest BCUT2D eigenvalue weighted by molar-refractivity contribution is 5.78. The second-order valence-corrected chi connectivity index (χ2v) is 5.47. The van der Waals surface area contributed by atoms with Crippen molar-refractivity contribution in [2.24, 2.45) is 0 Å². The number of pyridine rings is 1. The number of benzene rings is 1. The highest BCUT2D eigenvalue weighted by atomic mass is 16.5. The standard InChI is InChI=1S/C19H23N3O2/c1-5-22(6-2)14-8-9-15(18(11-14)24-7-3)16-10-13(4)21-19(23)17(16)12-20/h8-11H,5-7H2,1-4H3,(H,21,23). The maximum Gasteiger partial charge on any atom is 0.266 e. The molecule has 5 nitrogen and oxygen atoms in total. The van der Waals surface area contributed by atoms with Crippen molar-refractivity contribution in [3.63, 3.8) is 0 Å². The lowest BCUT2D eigenvalue weighted by molar-refractivity contribution is 0.341. The van der Waals surface area contributed by atoms with Crippen LogP contribution in [0.15, 0.2) is 29.1 Å². The zero-order valence-corrected chi connectivity index (χ0v) is 14.6. The van der Waals surface area contributed by atoms with Gasteiger partial charge in [-0.1, -0.05) is 0 Å². The zero-order valence-electron chi connectivity index (χ0n) is 14.6. The number of ether oxygens (including phenoxy) is 1. The number of hydrogen-bond donors (Lipinski definition) is 1. The molecule has 2 rings (SSSR count). The van der Waals surface area contributed by atoms with Crippen LogP contribution in [0.2, 0.25) is 0 Å². The van der Waals surface area contributed by atoms with E-state index >= 15 is 0 Å². The van der Waals surface area contributed by atoms with E-state index in [0.717, 1.165) is 24.3 Å². The number of H-pyrrole nitrogens is 1. The fourth-order valence-electron chi connectivity index (χ4n) is 2.81. The summed E-state index contributed by atoms with van der Waals surface area (Å²) in [4.78, 5) is 17.0. The SMILES string of the molecule is CCOc1cc(N(CC)CC)ccc1-c1cc(C)[nH]c(=O)c1C#N. The summed E-state index contributed by atoms with van der Waals surface area (Å²) in [6.07, 6.45) is 0. The van der Waals surface area contributed by atoms with Crippen molar-refractivity contribution in [3.05, 3.63) is 45.9 Å². The van der Waals surface area contributed by atoms with Gasteiger partial charge in [-0.25, -0.2) is 0 Å². The predicted octanol–water partition coefficient (Wildman–Crippen LogP) is 3.47. The van der Waals surface area contributed by atoms with Crippen molar-refractivity contribution < 1.29 is 4.74 Å². The van der Waals surface area contributed by atoms with E-state index in [0.29, 0.717) is 23.6 Å². The van der Waals surface area contributed by atoms with E-state index in [2.05, 4.69) is 23.7 Å². The maximum atomic E-state index is 12.1. The molecule has 0 saturated heterocycles. The van der Waals surface area contributed by atoms with Gasteiger partial charge < -0.3 is 14.6 Å². The zero-order chi connectivity index (χ0) is 17.7. The lowest BCUT2D eigenvalue weighted by Gasteiger charge is -2.23. The molecule has 0 atom stereocenters. The Kier molecular flexibility index (Phi) is 5.64. The van der Waals surface area contributed by atoms with Crippen LogP contribution in [0.1, 0.15) is 32.0 Å². The summed E-state index contributed by atoms with van der Waals surface area (Å²) in [7, 11) is 0. The van der Waals surface area contributed by atoms with Crippen LogP contribution >= 0.6 is 0 Å². The molecule has 2 aromatic rings. The second kappa shape index (κ2) is 7.69. The van der Waals surface area contributed by atoms with Crippen LogP contribution < -0.4 is 15.2 Å². The average molecular weight is 325 g/mol. The number of rotatable bonds is 6. The maximum absolute atomic E-state index is 12.1. The molecule has 0 bridgehead atoms. The molecule has 1 heterocycles. The first-order chi connectivity index (χ1) is 11.5. The third kappa shape index (κ3) is 3.43. The first-order valence-electron chi connectivity index (χ1n) is 8.21. The quantitative estimate of drug-likeness (QED) is 0.883. The van der Waals surface area contributed by atoms with E-state index in [4.69, 9.17) is 4.74 Å². The molecule has 0 unspecified atom stereocenters. The Labute approximate surface area is 142 Å². The van der Waals surface area contributed by atoms with Crippen molar-refractivity contribution in [1.82, 2.24) is 4.98 Å². The fraction of sp³-hybridized carbons (Fsp3) is 0.368. The summed E-state index contributed by atoms with van der Waals surface area (Å²) in [6, 6.07) is 9.73. The Morgan fingerprint density at radius 2 is 1.88 bits per heavy atom. The fourth-order valence-corrected chi connectivity index (χ4v) is 2.81. The molecule has 0 amide bonds. The van der Waals surface area contributed by atoms with Gasteiger partial charge in [-0.15, -0.1) is 0 Å². The van der Waals surface area contributed by atoms with Gasteiger partial charge in [-0.3, -0.25) is 4.79 Å². The third-order valence-electron chi connectivity index (χ3n) is 3.96. The molecule has 0 aliphatic heterocycles. The van der Waals surface area contributed by atoms with Crippen LogP contribution in [-0.4, -0.2) is 24.7 Å². The molecule has 5 heteroatoms. The van der Waals surface area contributed by atoms with Gasteiger partial charge in [0.2, 0.25) is 0 Å². The van der Waals surface area contributed by atoms with E-state index in [1.165, 1.54) is 0 Å². The first kappa shape index (κ1) is 17.6. The number of aromatic amines is 1. The van der Waals surface area contributed by atoms with E-state index in [1.54, 1.807) is 6.92 Å². The monoisotopic (exact) mass is 325 g/mol. The summed E-state index contributed by atoms with van der Waals surface area (Å²) in [5.41, 5.74) is 2.88. The number of nitrogens with one attached hydrogen (secondary N) is 1. The van der Waals surface area contributed by atoms with E-state index < -0.39 is 0 Å². The summed E-state index contributed by atoms with van der Waals surface area (Å²) >= 11 is 0. The number of nitrogens with zero attached hydrogens (tertiary/aromatic N) is 2. The molecule has 24 heavy (non-hydrogen) atoms. The van der Waals surface area contributed by atoms with Crippen molar-refractivity contribution in [3.8, 4) is 22.9 Å². The minimum Gasteiger partial charge on any atom is -0.493 e. The van der Waals surface area contributed by atoms with Crippen molar-refractivity contribution in [2.75, 3.05) is 24.6 Å². The summed E-state index contributed by atoms with van der Waals surface area (Å²) in [5.74, 6) is 0.684. The minimum absolute atomic E-state index is 0.108. The highest BCUT2D eigenvalue weighted by Gasteiger charge is 2.16. The van der Waals surface area contributed by atoms with Gasteiger partial charge in [0.1, 0.15) is 17.4 Å². The molecule has 1 aromatic carbocycles. The molecule has 0 aliphatic rings. The molecular weight excluding hydrogens is 302 g/mol. The van der Waals surface area contributed by atoms with Gasteiger partial charge in [-0.2, -0.15) is 5.26 Å². The Bertz CT molecular complexity index is 814. The molecule has 0 spiro atoms. The predicted molar refractivity (Wildman–Crippen MR) is 96.7 cm³/mol. The number of nitriles is 1. The number of hydrogen-bond acceptors (Lipinski definition) is 4. The molecule has 0 saturated carbocycles. The first-order valence-corrected chi connectivity index (χ1v) is 8.21. The smallest absolute Gasteiger partial charge is 0.266 e. The van der Waals surface area contributed by atoms with Gasteiger partial charge in [0.25, 0.3) is 5.56 Å². The second-order valence-electron chi connectivity index (χ2n) is 5.47. The Morgan fingerprint density at radius 1 is 1.17 bits per heavy atom. The third-order valence-corrected chi connectivity index (χ3v) is 3.96. The Balaban J connectivity index is 2.67. The Morgan fingerprint density at radius 3 is 2.46 bits per heavy atom. The van der Waals surface area contributed by atoms with Crippen LogP contribution in [0.4, 0.5) is 5.69 Å². The van der Waals surface area contributed by atoms with Crippen molar-refractivity contribution in [2.45, 2.75) is 27.7 Å². The van der Waals surface area contributed by atoms with Gasteiger partial charge in [0, 0.05) is 41.7 Å². The van der Waals surface area contributed by atoms with Gasteiger partial charge >= 0.3 is 0 Å². The van der Waals surface area contributed by atoms with Crippen LogP contribution in [0, 0.1) is 18.3 Å². The van der Waals surface area contributed by atoms with E-state index in [-0.39, 0.29) is 11.1 Å². The van der Waals surface area contributed by atoms with Crippen LogP contribution in [0.3, 0.4) is 0 Å². The highest BCUT2D eigenvalue weighted by Crippen LogP contribution is 2.35. The van der Waals surface area contributed by atoms with Crippen LogP contribution in [-0.2, 0) is 0 Å². The number of aryl methyl sites for hydroxylation is 1. The molecule has 1 aromatic heterocycles. The minimum atomic E-state index is -0.372. The van der Waals surface area contributed by atoms with Crippen LogP contribution in [0.25, 0.3) is 11.1 Å². The van der Waals surface area contributed by atoms with Crippen molar-refractivity contribution in [1.29, 1.82) is 5.26 Å². The largest absolute Gasteiger partial charge is 0.493 e.